The summed E-state index contributed by atoms with van der Waals surface area (Å²) >= 11 is 11.2. The molecule has 0 atom stereocenters. The molecule has 0 N–H and O–H groups in total. The van der Waals surface area contributed by atoms with Crippen molar-refractivity contribution in [3.63, 3.8) is 0 Å². The Morgan fingerprint density at radius 2 is 1.85 bits per heavy atom. The van der Waals surface area contributed by atoms with Crippen LogP contribution in [0, 0.1) is 0 Å². The molecule has 0 saturated heterocycles. The first kappa shape index (κ1) is 13.6. The molecule has 0 saturated carbocycles. The van der Waals surface area contributed by atoms with Gasteiger partial charge in [-0.05, 0) is 42.5 Å². The number of halogens is 2. The highest BCUT2D eigenvalue weighted by Crippen LogP contribution is 2.36. The lowest BCUT2D eigenvalue weighted by Gasteiger charge is -2.22. The molecule has 100 valence electrons. The minimum Gasteiger partial charge on any atom is -0.286 e. The van der Waals surface area contributed by atoms with Gasteiger partial charge in [-0.1, -0.05) is 33.6 Å². The summed E-state index contributed by atoms with van der Waals surface area (Å²) in [4.78, 5) is 6.50. The van der Waals surface area contributed by atoms with Crippen molar-refractivity contribution in [1.29, 1.82) is 0 Å². The van der Waals surface area contributed by atoms with Crippen molar-refractivity contribution in [3.05, 3.63) is 69.6 Å². The second-order valence-electron chi connectivity index (χ2n) is 4.11. The van der Waals surface area contributed by atoms with Crippen molar-refractivity contribution in [2.75, 3.05) is 4.90 Å². The fourth-order valence-corrected chi connectivity index (χ4v) is 3.03. The van der Waals surface area contributed by atoms with Crippen LogP contribution in [0.3, 0.4) is 0 Å². The summed E-state index contributed by atoms with van der Waals surface area (Å²) in [6.07, 6.45) is 1.80. The van der Waals surface area contributed by atoms with Gasteiger partial charge in [-0.2, -0.15) is 0 Å². The van der Waals surface area contributed by atoms with E-state index in [9.17, 15) is 0 Å². The summed E-state index contributed by atoms with van der Waals surface area (Å²) in [6, 6.07) is 15.9. The molecule has 20 heavy (non-hydrogen) atoms. The van der Waals surface area contributed by atoms with Crippen LogP contribution in [0.5, 0.6) is 0 Å². The van der Waals surface area contributed by atoms with E-state index >= 15 is 0 Å². The second kappa shape index (κ2) is 5.95. The molecule has 0 aliphatic carbocycles. The molecule has 3 rings (SSSR count). The molecule has 0 aliphatic rings. The van der Waals surface area contributed by atoms with Crippen LogP contribution < -0.4 is 4.90 Å². The highest BCUT2D eigenvalue weighted by molar-refractivity contribution is 9.10. The van der Waals surface area contributed by atoms with Crippen LogP contribution in [-0.4, -0.2) is 4.98 Å². The molecule has 0 fully saturated rings. The van der Waals surface area contributed by atoms with Gasteiger partial charge in [-0.3, -0.25) is 4.90 Å². The highest BCUT2D eigenvalue weighted by Gasteiger charge is 2.14. The molecule has 1 aromatic heterocycles. The van der Waals surface area contributed by atoms with Crippen LogP contribution >= 0.6 is 38.9 Å². The highest BCUT2D eigenvalue weighted by atomic mass is 79.9. The average molecular weight is 366 g/mol. The van der Waals surface area contributed by atoms with E-state index in [1.807, 2.05) is 53.9 Å². The van der Waals surface area contributed by atoms with Crippen LogP contribution in [0.25, 0.3) is 0 Å². The van der Waals surface area contributed by atoms with Crippen LogP contribution in [-0.2, 0) is 0 Å². The standard InChI is InChI=1S/C15H10BrClN2S/c16-11-4-6-13(7-5-11)19(15-18-8-9-20-15)14-3-1-2-12(17)10-14/h1-10H. The zero-order valence-electron chi connectivity index (χ0n) is 10.3. The lowest BCUT2D eigenvalue weighted by atomic mass is 10.2. The Kier molecular flexibility index (Phi) is 4.05. The van der Waals surface area contributed by atoms with Crippen molar-refractivity contribution in [3.8, 4) is 0 Å². The van der Waals surface area contributed by atoms with Crippen molar-refractivity contribution >= 4 is 55.4 Å². The molecule has 1 heterocycles. The maximum absolute atomic E-state index is 6.11. The number of hydrogen-bond acceptors (Lipinski definition) is 3. The first-order valence-corrected chi connectivity index (χ1v) is 8.00. The Morgan fingerprint density at radius 1 is 1.05 bits per heavy atom. The summed E-state index contributed by atoms with van der Waals surface area (Å²) in [5.41, 5.74) is 2.04. The van der Waals surface area contributed by atoms with Crippen LogP contribution in [0.1, 0.15) is 0 Å². The van der Waals surface area contributed by atoms with Gasteiger partial charge in [-0.25, -0.2) is 4.98 Å². The predicted octanol–water partition coefficient (Wildman–Crippen LogP) is 6.03. The average Bonchev–Trinajstić information content (AvgIpc) is 2.95. The number of anilines is 3. The van der Waals surface area contributed by atoms with E-state index in [4.69, 9.17) is 11.6 Å². The Hall–Kier alpha value is -1.36. The molecule has 0 amide bonds. The number of nitrogens with zero attached hydrogens (tertiary/aromatic N) is 2. The lowest BCUT2D eigenvalue weighted by Crippen LogP contribution is -2.09. The molecule has 0 bridgehead atoms. The molecule has 3 aromatic rings. The van der Waals surface area contributed by atoms with Gasteiger partial charge in [0.1, 0.15) is 0 Å². The van der Waals surface area contributed by atoms with Crippen LogP contribution in [0.4, 0.5) is 16.5 Å². The largest absolute Gasteiger partial charge is 0.286 e. The molecule has 0 spiro atoms. The van der Waals surface area contributed by atoms with E-state index in [0.717, 1.165) is 21.0 Å². The predicted molar refractivity (Wildman–Crippen MR) is 89.5 cm³/mol. The Morgan fingerprint density at radius 3 is 2.50 bits per heavy atom. The van der Waals surface area contributed by atoms with Gasteiger partial charge in [0.25, 0.3) is 0 Å². The van der Waals surface area contributed by atoms with E-state index < -0.39 is 0 Å². The maximum Gasteiger partial charge on any atom is 0.194 e. The first-order valence-electron chi connectivity index (χ1n) is 5.95. The first-order chi connectivity index (χ1) is 9.74. The van der Waals surface area contributed by atoms with Crippen molar-refractivity contribution in [2.45, 2.75) is 0 Å². The summed E-state index contributed by atoms with van der Waals surface area (Å²) in [6.45, 7) is 0. The normalized spacial score (nSPS) is 10.5. The topological polar surface area (TPSA) is 16.1 Å². The number of aromatic nitrogens is 1. The lowest BCUT2D eigenvalue weighted by molar-refractivity contribution is 1.23. The molecular weight excluding hydrogens is 356 g/mol. The second-order valence-corrected chi connectivity index (χ2v) is 6.33. The minimum atomic E-state index is 0.709. The fourth-order valence-electron chi connectivity index (χ4n) is 1.90. The number of thiazole rings is 1. The van der Waals surface area contributed by atoms with Gasteiger partial charge in [0, 0.05) is 32.4 Å². The van der Waals surface area contributed by atoms with E-state index in [1.54, 1.807) is 17.5 Å². The molecule has 0 aliphatic heterocycles. The van der Waals surface area contributed by atoms with Gasteiger partial charge in [0.05, 0.1) is 0 Å². The number of rotatable bonds is 3. The smallest absolute Gasteiger partial charge is 0.194 e. The maximum atomic E-state index is 6.11. The van der Waals surface area contributed by atoms with Crippen molar-refractivity contribution < 1.29 is 0 Å². The third-order valence-corrected chi connectivity index (χ3v) is 4.28. The van der Waals surface area contributed by atoms with Crippen LogP contribution in [0.2, 0.25) is 5.02 Å². The summed E-state index contributed by atoms with van der Waals surface area (Å²) < 4.78 is 1.05. The Bertz CT molecular complexity index is 698. The zero-order chi connectivity index (χ0) is 13.9. The van der Waals surface area contributed by atoms with Crippen molar-refractivity contribution in [2.24, 2.45) is 0 Å². The van der Waals surface area contributed by atoms with E-state index in [0.29, 0.717) is 5.02 Å². The fraction of sp³-hybridized carbons (Fsp3) is 0. The molecular formula is C15H10BrClN2S. The van der Waals surface area contributed by atoms with Crippen LogP contribution in [0.15, 0.2) is 64.6 Å². The van der Waals surface area contributed by atoms with Gasteiger partial charge in [-0.15, -0.1) is 11.3 Å². The van der Waals surface area contributed by atoms with E-state index in [-0.39, 0.29) is 0 Å². The molecule has 2 nitrogen and oxygen atoms in total. The molecule has 0 unspecified atom stereocenters. The van der Waals surface area contributed by atoms with Gasteiger partial charge >= 0.3 is 0 Å². The third-order valence-electron chi connectivity index (χ3n) is 2.76. The molecule has 2 aromatic carbocycles. The Balaban J connectivity index is 2.11. The number of hydrogen-bond donors (Lipinski definition) is 0. The quantitative estimate of drug-likeness (QED) is 0.563. The summed E-state index contributed by atoms with van der Waals surface area (Å²) in [5.74, 6) is 0. The van der Waals surface area contributed by atoms with E-state index in [1.165, 1.54) is 0 Å². The van der Waals surface area contributed by atoms with Gasteiger partial charge < -0.3 is 0 Å². The number of benzene rings is 2. The zero-order valence-corrected chi connectivity index (χ0v) is 13.5. The third kappa shape index (κ3) is 2.87. The van der Waals surface area contributed by atoms with E-state index in [2.05, 4.69) is 25.8 Å². The minimum absolute atomic E-state index is 0.709. The molecule has 5 heteroatoms. The molecule has 0 radical (unpaired) electrons. The van der Waals surface area contributed by atoms with Crippen molar-refractivity contribution in [1.82, 2.24) is 4.98 Å². The van der Waals surface area contributed by atoms with Gasteiger partial charge in [0.15, 0.2) is 5.13 Å². The Labute approximate surface area is 134 Å². The summed E-state index contributed by atoms with van der Waals surface area (Å²) in [7, 11) is 0. The summed E-state index contributed by atoms with van der Waals surface area (Å²) in [5, 5.41) is 3.59. The van der Waals surface area contributed by atoms with Gasteiger partial charge in [0.2, 0.25) is 0 Å². The SMILES string of the molecule is Clc1cccc(N(c2ccc(Br)cc2)c2nccs2)c1. The monoisotopic (exact) mass is 364 g/mol.